The first-order valence-electron chi connectivity index (χ1n) is 7.09. The van der Waals surface area contributed by atoms with Crippen LogP contribution in [0.3, 0.4) is 0 Å². The quantitative estimate of drug-likeness (QED) is 0.738. The summed E-state index contributed by atoms with van der Waals surface area (Å²) in [6.45, 7) is 7.21. The van der Waals surface area contributed by atoms with Gasteiger partial charge < -0.3 is 10.2 Å². The summed E-state index contributed by atoms with van der Waals surface area (Å²) >= 11 is 0. The summed E-state index contributed by atoms with van der Waals surface area (Å²) in [5.41, 5.74) is 1.10. The molecule has 21 heavy (non-hydrogen) atoms. The number of rotatable bonds is 4. The number of piperazine rings is 2. The van der Waals surface area contributed by atoms with Gasteiger partial charge in [-0.2, -0.15) is 5.10 Å². The van der Waals surface area contributed by atoms with Crippen molar-refractivity contribution in [3.63, 3.8) is 0 Å². The molecule has 0 spiro atoms. The van der Waals surface area contributed by atoms with Crippen LogP contribution >= 0.6 is 0 Å². The number of allylic oxidation sites excluding steroid dienone is 1. The van der Waals surface area contributed by atoms with Crippen molar-refractivity contribution in [3.05, 3.63) is 30.6 Å². The van der Waals surface area contributed by atoms with E-state index in [9.17, 15) is 9.59 Å². The molecule has 0 bridgehead atoms. The van der Waals surface area contributed by atoms with Gasteiger partial charge in [-0.25, -0.2) is 0 Å². The van der Waals surface area contributed by atoms with Crippen molar-refractivity contribution < 1.29 is 9.59 Å². The lowest BCUT2D eigenvalue weighted by Crippen LogP contribution is -2.65. The van der Waals surface area contributed by atoms with Crippen LogP contribution in [-0.4, -0.2) is 63.6 Å². The maximum atomic E-state index is 11.9. The smallest absolute Gasteiger partial charge is 0.244 e. The minimum Gasteiger partial charge on any atom is -0.345 e. The minimum absolute atomic E-state index is 0.0121. The van der Waals surface area contributed by atoms with Crippen LogP contribution in [0.2, 0.25) is 0 Å². The van der Waals surface area contributed by atoms with E-state index in [1.165, 1.54) is 0 Å². The SMILES string of the molecule is C=CCn1cc(CN2CCN3C(=O)CNC(=O)C3C2)cn1. The molecule has 1 atom stereocenters. The van der Waals surface area contributed by atoms with E-state index in [2.05, 4.69) is 21.9 Å². The van der Waals surface area contributed by atoms with E-state index in [-0.39, 0.29) is 24.4 Å². The molecule has 2 amide bonds. The van der Waals surface area contributed by atoms with Crippen molar-refractivity contribution in [2.24, 2.45) is 0 Å². The maximum absolute atomic E-state index is 11.9. The molecule has 0 aliphatic carbocycles. The summed E-state index contributed by atoms with van der Waals surface area (Å²) in [7, 11) is 0. The Hall–Kier alpha value is -2.15. The Kier molecular flexibility index (Phi) is 3.74. The molecule has 2 aliphatic rings. The summed E-state index contributed by atoms with van der Waals surface area (Å²) in [6.07, 6.45) is 5.62. The van der Waals surface area contributed by atoms with Crippen LogP contribution in [0.15, 0.2) is 25.0 Å². The number of carbonyl (C=O) groups is 2. The number of amides is 2. The van der Waals surface area contributed by atoms with Gasteiger partial charge in [0.25, 0.3) is 0 Å². The number of fused-ring (bicyclic) bond motifs is 1. The zero-order chi connectivity index (χ0) is 14.8. The van der Waals surface area contributed by atoms with E-state index in [1.807, 2.05) is 17.1 Å². The van der Waals surface area contributed by atoms with E-state index < -0.39 is 0 Å². The highest BCUT2D eigenvalue weighted by molar-refractivity contribution is 5.95. The van der Waals surface area contributed by atoms with Crippen molar-refractivity contribution in [2.75, 3.05) is 26.2 Å². The van der Waals surface area contributed by atoms with E-state index in [4.69, 9.17) is 0 Å². The van der Waals surface area contributed by atoms with Crippen molar-refractivity contribution in [1.82, 2.24) is 24.9 Å². The van der Waals surface area contributed by atoms with Gasteiger partial charge in [-0.05, 0) is 0 Å². The van der Waals surface area contributed by atoms with E-state index in [0.29, 0.717) is 19.6 Å². The number of hydrogen-bond acceptors (Lipinski definition) is 4. The highest BCUT2D eigenvalue weighted by atomic mass is 16.2. The molecule has 2 saturated heterocycles. The lowest BCUT2D eigenvalue weighted by molar-refractivity contribution is -0.149. The van der Waals surface area contributed by atoms with Gasteiger partial charge in [-0.1, -0.05) is 6.08 Å². The second-order valence-electron chi connectivity index (χ2n) is 5.42. The first kappa shape index (κ1) is 13.8. The monoisotopic (exact) mass is 289 g/mol. The molecule has 0 saturated carbocycles. The fourth-order valence-electron chi connectivity index (χ4n) is 2.87. The van der Waals surface area contributed by atoms with Crippen LogP contribution in [-0.2, 0) is 22.7 Å². The van der Waals surface area contributed by atoms with Crippen LogP contribution in [0.1, 0.15) is 5.56 Å². The summed E-state index contributed by atoms with van der Waals surface area (Å²) in [5, 5.41) is 6.91. The van der Waals surface area contributed by atoms with E-state index in [1.54, 1.807) is 11.0 Å². The Bertz CT molecular complexity index is 567. The van der Waals surface area contributed by atoms with Crippen molar-refractivity contribution in [1.29, 1.82) is 0 Å². The molecule has 0 radical (unpaired) electrons. The molecule has 2 aliphatic heterocycles. The normalized spacial score (nSPS) is 22.9. The molecule has 1 unspecified atom stereocenters. The largest absolute Gasteiger partial charge is 0.345 e. The Morgan fingerprint density at radius 3 is 3.10 bits per heavy atom. The number of nitrogens with one attached hydrogen (secondary N) is 1. The van der Waals surface area contributed by atoms with Gasteiger partial charge in [0.1, 0.15) is 6.04 Å². The zero-order valence-electron chi connectivity index (χ0n) is 11.9. The fraction of sp³-hybridized carbons (Fsp3) is 0.500. The average molecular weight is 289 g/mol. The summed E-state index contributed by atoms with van der Waals surface area (Å²) < 4.78 is 1.83. The molecule has 1 N–H and O–H groups in total. The maximum Gasteiger partial charge on any atom is 0.244 e. The van der Waals surface area contributed by atoms with E-state index in [0.717, 1.165) is 18.7 Å². The predicted octanol–water partition coefficient (Wildman–Crippen LogP) is -0.788. The van der Waals surface area contributed by atoms with Gasteiger partial charge in [-0.15, -0.1) is 6.58 Å². The third kappa shape index (κ3) is 2.82. The van der Waals surface area contributed by atoms with Gasteiger partial charge in [0, 0.05) is 37.9 Å². The Morgan fingerprint density at radius 2 is 2.29 bits per heavy atom. The van der Waals surface area contributed by atoms with Gasteiger partial charge in [0.05, 0.1) is 19.3 Å². The molecule has 1 aromatic rings. The number of hydrogen-bond donors (Lipinski definition) is 1. The van der Waals surface area contributed by atoms with E-state index >= 15 is 0 Å². The number of aromatic nitrogens is 2. The van der Waals surface area contributed by atoms with Crippen molar-refractivity contribution >= 4 is 11.8 Å². The summed E-state index contributed by atoms with van der Waals surface area (Å²) in [6, 6.07) is -0.358. The number of nitrogens with zero attached hydrogens (tertiary/aromatic N) is 4. The molecular weight excluding hydrogens is 270 g/mol. The molecule has 2 fully saturated rings. The average Bonchev–Trinajstić information content (AvgIpc) is 2.91. The Balaban J connectivity index is 1.63. The standard InChI is InChI=1S/C14H19N5O2/c1-2-3-18-9-11(6-16-18)8-17-4-5-19-12(10-17)14(21)15-7-13(19)20/h2,6,9,12H,1,3-5,7-8,10H2,(H,15,21). The van der Waals surface area contributed by atoms with Gasteiger partial charge >= 0.3 is 0 Å². The summed E-state index contributed by atoms with van der Waals surface area (Å²) in [4.78, 5) is 27.6. The van der Waals surface area contributed by atoms with Gasteiger partial charge in [0.15, 0.2) is 0 Å². The third-order valence-electron chi connectivity index (χ3n) is 3.91. The van der Waals surface area contributed by atoms with Crippen LogP contribution in [0.5, 0.6) is 0 Å². The second kappa shape index (κ2) is 5.69. The molecule has 3 rings (SSSR count). The molecule has 7 heteroatoms. The van der Waals surface area contributed by atoms with Gasteiger partial charge in [0.2, 0.25) is 11.8 Å². The Labute approximate surface area is 123 Å². The van der Waals surface area contributed by atoms with Crippen LogP contribution < -0.4 is 5.32 Å². The zero-order valence-corrected chi connectivity index (χ0v) is 11.9. The Morgan fingerprint density at radius 1 is 1.43 bits per heavy atom. The molecule has 7 nitrogen and oxygen atoms in total. The molecule has 1 aromatic heterocycles. The van der Waals surface area contributed by atoms with Crippen LogP contribution in [0.25, 0.3) is 0 Å². The van der Waals surface area contributed by atoms with Crippen LogP contribution in [0.4, 0.5) is 0 Å². The summed E-state index contributed by atoms with van der Waals surface area (Å²) in [5.74, 6) is -0.0419. The topological polar surface area (TPSA) is 70.5 Å². The second-order valence-corrected chi connectivity index (χ2v) is 5.42. The molecular formula is C14H19N5O2. The van der Waals surface area contributed by atoms with Crippen molar-refractivity contribution in [3.8, 4) is 0 Å². The highest BCUT2D eigenvalue weighted by Crippen LogP contribution is 2.15. The first-order chi connectivity index (χ1) is 10.2. The van der Waals surface area contributed by atoms with Crippen LogP contribution in [0, 0.1) is 0 Å². The number of carbonyl (C=O) groups excluding carboxylic acids is 2. The lowest BCUT2D eigenvalue weighted by Gasteiger charge is -2.42. The van der Waals surface area contributed by atoms with Crippen molar-refractivity contribution in [2.45, 2.75) is 19.1 Å². The lowest BCUT2D eigenvalue weighted by atomic mass is 10.1. The molecule has 0 aromatic carbocycles. The first-order valence-corrected chi connectivity index (χ1v) is 7.09. The predicted molar refractivity (Wildman–Crippen MR) is 76.2 cm³/mol. The minimum atomic E-state index is -0.358. The molecule has 3 heterocycles. The highest BCUT2D eigenvalue weighted by Gasteiger charge is 2.38. The van der Waals surface area contributed by atoms with Gasteiger partial charge in [-0.3, -0.25) is 19.2 Å². The fourth-order valence-corrected chi connectivity index (χ4v) is 2.87. The molecule has 112 valence electrons. The third-order valence-corrected chi connectivity index (χ3v) is 3.91.